The third-order valence-corrected chi connectivity index (χ3v) is 18.9. The Morgan fingerprint density at radius 2 is 0.538 bits per heavy atom. The third kappa shape index (κ3) is 25.8. The van der Waals surface area contributed by atoms with Crippen LogP contribution in [0.5, 0.6) is 0 Å². The van der Waals surface area contributed by atoms with E-state index in [-0.39, 0.29) is 0 Å². The molecule has 0 aromatic heterocycles. The maximum absolute atomic E-state index is 13.2. The molecule has 0 saturated carbocycles. The molecule has 6 heterocycles. The molecule has 0 bridgehead atoms. The second-order valence-corrected chi connectivity index (χ2v) is 31.8. The molecule has 70 heteroatoms. The van der Waals surface area contributed by atoms with Gasteiger partial charge in [0.25, 0.3) is 0 Å². The minimum Gasteiger partial charge on any atom is -0.479 e. The van der Waals surface area contributed by atoms with Gasteiger partial charge in [0.1, 0.15) is 110 Å². The molecular weight excluding hydrogens is 1690 g/mol. The zero-order chi connectivity index (χ0) is 80.8. The summed E-state index contributed by atoms with van der Waals surface area (Å²) in [5.41, 5.74) is 0. The standard InChI is InChI=1S/C36H59N3O58S9/c40-10-7(37-98(54,55)56)31(53)84-4(1-81-101(63,64)65)17(10)87-35-24(96-105(75,76)77)15(45)20(26(93-35)29(49)50)90-33-9(39-100(60,61)62)12(42)19(6(86-33)3-83-103(69,70)71)89-36-25(97-106(78,79)80)16(46)21(27(94-36)30(51)52)91-32-8(38-99(57,58)59)11(41)18(5(85-32)2-82-102(66,67)68)88-34-23(95-104(72,73)74)14(44)13(43)22(92-34)28(47)48/h4-27,31-46,53H,1-3H2,(H,47,48)(H,49,50)(H,51,52)(H,54,55,56)(H,57,58,59)(H,60,61,62)(H,63,64,65)(H,66,67,68)(H,69,70,71)(H,72,73,74)(H,75,76,77)(H,78,79,80)/t4-,5-,6-,7-,8-,9-,10-,11-,12-,13+,14+,15+,16+,17-,18-,19-,20+,21+,22-,23-,24-,25-,26-,27-,31+,32+,33-,34-,35-,36-/m1/s1. The fourth-order valence-electron chi connectivity index (χ4n) is 10.5. The lowest BCUT2D eigenvalue weighted by Gasteiger charge is -2.50. The average molecular weight is 1750 g/mol. The summed E-state index contributed by atoms with van der Waals surface area (Å²) >= 11 is 0. The van der Waals surface area contributed by atoms with Crippen molar-refractivity contribution in [3.05, 3.63) is 0 Å². The van der Waals surface area contributed by atoms with E-state index in [4.69, 9.17) is 52.1 Å². The fourth-order valence-corrected chi connectivity index (χ4v) is 14.7. The summed E-state index contributed by atoms with van der Waals surface area (Å²) in [4.78, 5) is 38.1. The number of hydrogen-bond acceptors (Lipinski definition) is 46. The van der Waals surface area contributed by atoms with Crippen molar-refractivity contribution in [2.24, 2.45) is 0 Å². The molecule has 0 aromatic rings. The topological polar surface area (TPSA) is 956 Å². The van der Waals surface area contributed by atoms with Gasteiger partial charge in [-0.2, -0.15) is 89.9 Å². The van der Waals surface area contributed by atoms with Gasteiger partial charge in [0.15, 0.2) is 74.4 Å². The summed E-state index contributed by atoms with van der Waals surface area (Å²) in [6.45, 7) is -5.60. The number of rotatable bonds is 34. The predicted molar refractivity (Wildman–Crippen MR) is 301 cm³/mol. The molecule has 6 aliphatic heterocycles. The van der Waals surface area contributed by atoms with Gasteiger partial charge in [0, 0.05) is 0 Å². The van der Waals surface area contributed by atoms with Crippen LogP contribution in [0.25, 0.3) is 0 Å². The van der Waals surface area contributed by atoms with Crippen LogP contribution in [0.15, 0.2) is 0 Å². The summed E-state index contributed by atoms with van der Waals surface area (Å²) in [5.74, 6) is -7.39. The molecule has 0 amide bonds. The van der Waals surface area contributed by atoms with Crippen LogP contribution in [0.4, 0.5) is 0 Å². The van der Waals surface area contributed by atoms with Crippen molar-refractivity contribution >= 4 is 111 Å². The molecule has 6 aliphatic rings. The number of nitrogens with one attached hydrogen (secondary N) is 3. The van der Waals surface area contributed by atoms with Gasteiger partial charge in [-0.05, 0) is 0 Å². The molecule has 6 rings (SSSR count). The van der Waals surface area contributed by atoms with Crippen LogP contribution in [0.1, 0.15) is 0 Å². The first kappa shape index (κ1) is 91.4. The van der Waals surface area contributed by atoms with Crippen LogP contribution in [0.3, 0.4) is 0 Å². The number of aliphatic hydroxyl groups is 8. The average Bonchev–Trinajstić information content (AvgIpc) is 0.763. The van der Waals surface area contributed by atoms with Gasteiger partial charge < -0.3 is 108 Å². The summed E-state index contributed by atoms with van der Waals surface area (Å²) < 4.78 is 391. The maximum Gasteiger partial charge on any atom is 0.397 e. The lowest BCUT2D eigenvalue weighted by Crippen LogP contribution is -2.71. The monoisotopic (exact) mass is 1750 g/mol. The van der Waals surface area contributed by atoms with E-state index in [9.17, 15) is 187 Å². The highest BCUT2D eigenvalue weighted by Gasteiger charge is 2.62. The van der Waals surface area contributed by atoms with Crippen LogP contribution in [-0.4, -0.2) is 395 Å². The normalized spacial score (nSPS) is 39.4. The van der Waals surface area contributed by atoms with Crippen LogP contribution in [0.2, 0.25) is 0 Å². The van der Waals surface area contributed by atoms with Crippen molar-refractivity contribution in [2.75, 3.05) is 19.8 Å². The molecule has 30 atom stereocenters. The number of aliphatic carboxylic acids is 3. The van der Waals surface area contributed by atoms with Crippen molar-refractivity contribution in [3.63, 3.8) is 0 Å². The van der Waals surface area contributed by atoms with Gasteiger partial charge in [-0.3, -0.25) is 41.0 Å². The van der Waals surface area contributed by atoms with Crippen molar-refractivity contribution in [2.45, 2.75) is 184 Å². The molecule has 620 valence electrons. The first-order valence-electron chi connectivity index (χ1n) is 27.3. The summed E-state index contributed by atoms with van der Waals surface area (Å²) in [7, 11) is -53.6. The van der Waals surface area contributed by atoms with Gasteiger partial charge >= 0.3 is 111 Å². The van der Waals surface area contributed by atoms with Gasteiger partial charge in [-0.15, -0.1) is 0 Å². The number of carboxylic acid groups (broad SMARTS) is 3. The van der Waals surface area contributed by atoms with Gasteiger partial charge in [-0.1, -0.05) is 0 Å². The smallest absolute Gasteiger partial charge is 0.397 e. The first-order chi connectivity index (χ1) is 47.9. The number of hydrogen-bond donors (Lipinski definition) is 23. The molecule has 0 spiro atoms. The molecule has 6 saturated heterocycles. The van der Waals surface area contributed by atoms with E-state index in [1.54, 1.807) is 0 Å². The van der Waals surface area contributed by atoms with Crippen LogP contribution in [-0.2, 0) is 185 Å². The number of carbonyl (C=O) groups is 3. The molecular formula is C36H59N3O58S9. The van der Waals surface area contributed by atoms with Crippen molar-refractivity contribution < 1.29 is 264 Å². The molecule has 6 fully saturated rings. The molecule has 61 nitrogen and oxygen atoms in total. The second kappa shape index (κ2) is 34.4. The number of carboxylic acids is 3. The van der Waals surface area contributed by atoms with E-state index in [2.05, 4.69) is 25.1 Å². The van der Waals surface area contributed by atoms with E-state index in [0.717, 1.165) is 9.44 Å². The highest BCUT2D eigenvalue weighted by Crippen LogP contribution is 2.40. The summed E-state index contributed by atoms with van der Waals surface area (Å²) in [6, 6.07) is -8.82. The second-order valence-electron chi connectivity index (χ2n) is 21.8. The summed E-state index contributed by atoms with van der Waals surface area (Å²) in [5, 5.41) is 121. The zero-order valence-corrected chi connectivity index (χ0v) is 57.9. The Labute approximate surface area is 591 Å². The quantitative estimate of drug-likeness (QED) is 0.0266. The van der Waals surface area contributed by atoms with E-state index < -0.39 is 315 Å². The van der Waals surface area contributed by atoms with Crippen LogP contribution in [0, 0.1) is 0 Å². The van der Waals surface area contributed by atoms with Crippen LogP contribution < -0.4 is 14.2 Å². The van der Waals surface area contributed by atoms with Gasteiger partial charge in [0.05, 0.1) is 19.8 Å². The summed E-state index contributed by atoms with van der Waals surface area (Å²) in [6.07, 6.45) is -82.6. The Balaban J connectivity index is 1.41. The van der Waals surface area contributed by atoms with Gasteiger partial charge in [0.2, 0.25) is 0 Å². The molecule has 0 aliphatic carbocycles. The Hall–Kier alpha value is -3.52. The minimum absolute atomic E-state index is 1.11. The molecule has 0 aromatic carbocycles. The predicted octanol–water partition coefficient (Wildman–Crippen LogP) is -16.7. The zero-order valence-electron chi connectivity index (χ0n) is 50.6. The van der Waals surface area contributed by atoms with E-state index in [1.807, 2.05) is 0 Å². The third-order valence-electron chi connectivity index (χ3n) is 14.5. The largest absolute Gasteiger partial charge is 0.479 e. The lowest BCUT2D eigenvalue weighted by atomic mass is 9.94. The molecule has 106 heavy (non-hydrogen) atoms. The maximum atomic E-state index is 13.2. The molecule has 0 unspecified atom stereocenters. The Kier molecular flexibility index (Phi) is 29.7. The Morgan fingerprint density at radius 1 is 0.283 bits per heavy atom. The van der Waals surface area contributed by atoms with E-state index in [0.29, 0.717) is 0 Å². The minimum atomic E-state index is -6.35. The molecule has 0 radical (unpaired) electrons. The Morgan fingerprint density at radius 3 is 0.811 bits per heavy atom. The Bertz CT molecular complexity index is 4190. The van der Waals surface area contributed by atoms with Crippen molar-refractivity contribution in [3.8, 4) is 0 Å². The number of aliphatic hydroxyl groups excluding tert-OH is 8. The first-order valence-corrected chi connectivity index (χ1v) is 39.8. The van der Waals surface area contributed by atoms with Crippen molar-refractivity contribution in [1.82, 2.24) is 14.2 Å². The number of ether oxygens (including phenoxy) is 11. The highest BCUT2D eigenvalue weighted by molar-refractivity contribution is 7.84. The van der Waals surface area contributed by atoms with E-state index >= 15 is 0 Å². The van der Waals surface area contributed by atoms with Crippen LogP contribution >= 0.6 is 0 Å². The van der Waals surface area contributed by atoms with Gasteiger partial charge in [-0.25, -0.2) is 39.5 Å². The SMILES string of the molecule is O=C(O)[C@@H]1O[C@@H](O[C@H]2[C@H](O)[C@@H](NS(=O)(=O)O)[C@H](O[C@H]3[C@H](O)[C@@H](OS(=O)(=O)O)[C@H](O[C@H]4[C@H](O)[C@@H](NS(=O)(=O)O)[C@@H](O[C@H]5[C@H](O)[C@@H](OS(=O)(=O)O)[C@H](O[C@H]6[C@H](O)[C@@H](NS(=O)(=O)O)[C@@H](O)O[C@@H]6COS(=O)(=O)O)O[C@H]5C(=O)O)O[C@@H]4COS(=O)(=O)O)O[C@H]3C(=O)O)O[C@@H]2COS(=O)(=O)O)[C@H](OS(=O)(=O)O)[C@@H](O)[C@@H]1O. The highest BCUT2D eigenvalue weighted by atomic mass is 32.3. The molecule has 23 N–H and O–H groups in total. The van der Waals surface area contributed by atoms with Crippen molar-refractivity contribution in [1.29, 1.82) is 0 Å². The fraction of sp³-hybridized carbons (Fsp3) is 0.917. The lowest BCUT2D eigenvalue weighted by molar-refractivity contribution is -0.375. The van der Waals surface area contributed by atoms with E-state index in [1.165, 1.54) is 4.72 Å².